The molecule has 0 aliphatic carbocycles. The first-order valence-electron chi connectivity index (χ1n) is 5.96. The first kappa shape index (κ1) is 14.9. The van der Waals surface area contributed by atoms with E-state index < -0.39 is 23.2 Å². The maximum absolute atomic E-state index is 13.5. The van der Waals surface area contributed by atoms with E-state index in [-0.39, 0.29) is 29.2 Å². The van der Waals surface area contributed by atoms with Crippen LogP contribution in [0.3, 0.4) is 0 Å². The van der Waals surface area contributed by atoms with Crippen molar-refractivity contribution in [2.24, 2.45) is 0 Å². The van der Waals surface area contributed by atoms with E-state index in [0.29, 0.717) is 0 Å². The lowest BCUT2D eigenvalue weighted by molar-refractivity contribution is -0.385. The van der Waals surface area contributed by atoms with Gasteiger partial charge in [0.25, 0.3) is 5.69 Å². The van der Waals surface area contributed by atoms with Gasteiger partial charge in [0.05, 0.1) is 11.5 Å². The van der Waals surface area contributed by atoms with Crippen LogP contribution in [-0.4, -0.2) is 10.0 Å². The lowest BCUT2D eigenvalue weighted by Gasteiger charge is -2.10. The minimum absolute atomic E-state index is 0.0113. The van der Waals surface area contributed by atoms with Crippen LogP contribution in [0.5, 0.6) is 5.75 Å². The summed E-state index contributed by atoms with van der Waals surface area (Å²) < 4.78 is 31.8. The van der Waals surface area contributed by atoms with Crippen molar-refractivity contribution in [1.82, 2.24) is 0 Å². The molecule has 0 amide bonds. The number of benzene rings is 2. The van der Waals surface area contributed by atoms with Crippen molar-refractivity contribution in [3.63, 3.8) is 0 Å². The summed E-state index contributed by atoms with van der Waals surface area (Å²) in [5.74, 6) is -1.82. The normalized spacial score (nSPS) is 10.4. The SMILES string of the molecule is O=[N+]([O-])c1ccc(OCc2cccc(F)c2F)c(CO)c1. The van der Waals surface area contributed by atoms with E-state index in [0.717, 1.165) is 12.1 Å². The Hall–Kier alpha value is -2.54. The highest BCUT2D eigenvalue weighted by Crippen LogP contribution is 2.25. The standard InChI is InChI=1S/C14H11F2NO4/c15-12-3-1-2-9(14(12)16)8-21-13-5-4-11(17(19)20)6-10(13)7-18/h1-6,18H,7-8H2. The lowest BCUT2D eigenvalue weighted by atomic mass is 10.2. The van der Waals surface area contributed by atoms with Crippen LogP contribution in [0.2, 0.25) is 0 Å². The summed E-state index contributed by atoms with van der Waals surface area (Å²) in [6.07, 6.45) is 0. The molecule has 0 aromatic heterocycles. The summed E-state index contributed by atoms with van der Waals surface area (Å²) in [4.78, 5) is 10.0. The van der Waals surface area contributed by atoms with Crippen molar-refractivity contribution < 1.29 is 23.5 Å². The molecule has 1 N–H and O–H groups in total. The van der Waals surface area contributed by atoms with Gasteiger partial charge in [-0.3, -0.25) is 10.1 Å². The van der Waals surface area contributed by atoms with E-state index >= 15 is 0 Å². The third kappa shape index (κ3) is 3.32. The zero-order chi connectivity index (χ0) is 15.4. The molecule has 2 aromatic rings. The number of nitro groups is 1. The van der Waals surface area contributed by atoms with E-state index in [2.05, 4.69) is 0 Å². The molecule has 0 radical (unpaired) electrons. The molecule has 0 spiro atoms. The summed E-state index contributed by atoms with van der Waals surface area (Å²) in [6, 6.07) is 7.38. The zero-order valence-corrected chi connectivity index (χ0v) is 10.8. The number of aliphatic hydroxyl groups is 1. The van der Waals surface area contributed by atoms with Gasteiger partial charge in [0.15, 0.2) is 11.6 Å². The Morgan fingerprint density at radius 3 is 2.62 bits per heavy atom. The van der Waals surface area contributed by atoms with Crippen LogP contribution in [0.1, 0.15) is 11.1 Å². The Kier molecular flexibility index (Phi) is 4.44. The van der Waals surface area contributed by atoms with Crippen LogP contribution < -0.4 is 4.74 Å². The molecule has 0 saturated heterocycles. The Labute approximate surface area is 118 Å². The Morgan fingerprint density at radius 1 is 1.19 bits per heavy atom. The second kappa shape index (κ2) is 6.27. The van der Waals surface area contributed by atoms with Gasteiger partial charge in [0, 0.05) is 23.3 Å². The predicted molar refractivity (Wildman–Crippen MR) is 69.7 cm³/mol. The van der Waals surface area contributed by atoms with Gasteiger partial charge in [-0.2, -0.15) is 0 Å². The van der Waals surface area contributed by atoms with Gasteiger partial charge in [0.1, 0.15) is 12.4 Å². The molecule has 0 fully saturated rings. The lowest BCUT2D eigenvalue weighted by Crippen LogP contribution is -2.03. The summed E-state index contributed by atoms with van der Waals surface area (Å²) in [5, 5.41) is 19.8. The van der Waals surface area contributed by atoms with Gasteiger partial charge >= 0.3 is 0 Å². The molecule has 0 atom stereocenters. The number of nitro benzene ring substituents is 1. The predicted octanol–water partition coefficient (Wildman–Crippen LogP) is 2.94. The minimum atomic E-state index is -1.01. The van der Waals surface area contributed by atoms with Crippen molar-refractivity contribution in [3.05, 3.63) is 69.3 Å². The van der Waals surface area contributed by atoms with E-state index in [4.69, 9.17) is 4.74 Å². The molecular formula is C14H11F2NO4. The van der Waals surface area contributed by atoms with Crippen LogP contribution in [0, 0.1) is 21.7 Å². The number of aliphatic hydroxyl groups excluding tert-OH is 1. The van der Waals surface area contributed by atoms with E-state index in [9.17, 15) is 24.0 Å². The highest BCUT2D eigenvalue weighted by Gasteiger charge is 2.13. The van der Waals surface area contributed by atoms with Crippen LogP contribution >= 0.6 is 0 Å². The van der Waals surface area contributed by atoms with E-state index in [1.807, 2.05) is 0 Å². The molecule has 0 unspecified atom stereocenters. The quantitative estimate of drug-likeness (QED) is 0.680. The zero-order valence-electron chi connectivity index (χ0n) is 10.8. The first-order valence-corrected chi connectivity index (χ1v) is 5.96. The molecule has 5 nitrogen and oxygen atoms in total. The smallest absolute Gasteiger partial charge is 0.270 e. The van der Waals surface area contributed by atoms with Crippen molar-refractivity contribution in [3.8, 4) is 5.75 Å². The second-order valence-electron chi connectivity index (χ2n) is 4.21. The van der Waals surface area contributed by atoms with Gasteiger partial charge in [-0.25, -0.2) is 8.78 Å². The fourth-order valence-corrected chi connectivity index (χ4v) is 1.76. The molecule has 0 aliphatic heterocycles. The highest BCUT2D eigenvalue weighted by molar-refractivity contribution is 5.43. The number of halogens is 2. The van der Waals surface area contributed by atoms with Crippen LogP contribution in [0.25, 0.3) is 0 Å². The minimum Gasteiger partial charge on any atom is -0.488 e. The summed E-state index contributed by atoms with van der Waals surface area (Å²) in [6.45, 7) is -0.725. The summed E-state index contributed by atoms with van der Waals surface area (Å²) in [5.41, 5.74) is 0.0154. The molecule has 7 heteroatoms. The topological polar surface area (TPSA) is 72.6 Å². The van der Waals surface area contributed by atoms with Crippen LogP contribution in [-0.2, 0) is 13.2 Å². The first-order chi connectivity index (χ1) is 10.0. The fourth-order valence-electron chi connectivity index (χ4n) is 1.76. The van der Waals surface area contributed by atoms with E-state index in [1.54, 1.807) is 0 Å². The Balaban J connectivity index is 2.20. The maximum Gasteiger partial charge on any atom is 0.270 e. The van der Waals surface area contributed by atoms with Crippen LogP contribution in [0.4, 0.5) is 14.5 Å². The van der Waals surface area contributed by atoms with Crippen molar-refractivity contribution in [2.45, 2.75) is 13.2 Å². The van der Waals surface area contributed by atoms with Gasteiger partial charge in [-0.1, -0.05) is 12.1 Å². The number of non-ortho nitro benzene ring substituents is 1. The largest absolute Gasteiger partial charge is 0.488 e. The molecule has 0 saturated carbocycles. The van der Waals surface area contributed by atoms with Gasteiger partial charge in [-0.15, -0.1) is 0 Å². The Bertz CT molecular complexity index is 676. The summed E-state index contributed by atoms with van der Waals surface area (Å²) >= 11 is 0. The molecule has 2 aromatic carbocycles. The van der Waals surface area contributed by atoms with E-state index in [1.165, 1.54) is 24.3 Å². The van der Waals surface area contributed by atoms with Crippen LogP contribution in [0.15, 0.2) is 36.4 Å². The van der Waals surface area contributed by atoms with Crippen molar-refractivity contribution in [2.75, 3.05) is 0 Å². The van der Waals surface area contributed by atoms with Gasteiger partial charge in [0.2, 0.25) is 0 Å². The molecule has 0 heterocycles. The van der Waals surface area contributed by atoms with Crippen molar-refractivity contribution >= 4 is 5.69 Å². The molecule has 2 rings (SSSR count). The van der Waals surface area contributed by atoms with Gasteiger partial charge < -0.3 is 9.84 Å². The molecular weight excluding hydrogens is 284 g/mol. The highest BCUT2D eigenvalue weighted by atomic mass is 19.2. The number of ether oxygens (including phenoxy) is 1. The second-order valence-corrected chi connectivity index (χ2v) is 4.21. The molecule has 110 valence electrons. The molecule has 21 heavy (non-hydrogen) atoms. The number of hydrogen-bond acceptors (Lipinski definition) is 4. The average molecular weight is 295 g/mol. The number of rotatable bonds is 5. The molecule has 0 aliphatic rings. The fraction of sp³-hybridized carbons (Fsp3) is 0.143. The molecule has 0 bridgehead atoms. The third-order valence-electron chi connectivity index (χ3n) is 2.84. The van der Waals surface area contributed by atoms with Crippen molar-refractivity contribution in [1.29, 1.82) is 0 Å². The van der Waals surface area contributed by atoms with Gasteiger partial charge in [-0.05, 0) is 12.1 Å². The monoisotopic (exact) mass is 295 g/mol. The number of hydrogen-bond donors (Lipinski definition) is 1. The average Bonchev–Trinajstić information content (AvgIpc) is 2.48. The number of nitrogens with zero attached hydrogens (tertiary/aromatic N) is 1. The maximum atomic E-state index is 13.5. The third-order valence-corrected chi connectivity index (χ3v) is 2.84. The summed E-state index contributed by atoms with van der Waals surface area (Å²) in [7, 11) is 0. The Morgan fingerprint density at radius 2 is 1.95 bits per heavy atom.